The average molecular weight is 233 g/mol. The molecule has 88 valence electrons. The number of nitrogens with zero attached hydrogens (tertiary/aromatic N) is 2. The van der Waals surface area contributed by atoms with E-state index in [0.717, 1.165) is 5.69 Å². The fourth-order valence-electron chi connectivity index (χ4n) is 2.19. The fraction of sp³-hybridized carbons (Fsp3) is 0.273. The van der Waals surface area contributed by atoms with E-state index < -0.39 is 5.97 Å². The molecule has 17 heavy (non-hydrogen) atoms. The van der Waals surface area contributed by atoms with Crippen LogP contribution in [0.2, 0.25) is 0 Å². The molecule has 0 fully saturated rings. The topological polar surface area (TPSA) is 80.3 Å². The molecular formula is C11H11N3O3. The number of aromatic nitrogens is 2. The van der Waals surface area contributed by atoms with Gasteiger partial charge in [0.05, 0.1) is 6.20 Å². The Labute approximate surface area is 96.9 Å². The van der Waals surface area contributed by atoms with Crippen LogP contribution in [0.4, 0.5) is 0 Å². The van der Waals surface area contributed by atoms with Crippen molar-refractivity contribution >= 4 is 5.97 Å². The van der Waals surface area contributed by atoms with Gasteiger partial charge in [-0.3, -0.25) is 5.32 Å². The zero-order chi connectivity index (χ0) is 11.8. The summed E-state index contributed by atoms with van der Waals surface area (Å²) in [6.07, 6.45) is 3.09. The van der Waals surface area contributed by atoms with Gasteiger partial charge in [-0.05, 0) is 12.1 Å². The van der Waals surface area contributed by atoms with E-state index in [9.17, 15) is 4.79 Å². The van der Waals surface area contributed by atoms with Gasteiger partial charge in [-0.25, -0.2) is 9.78 Å². The molecule has 0 saturated carbocycles. The van der Waals surface area contributed by atoms with Gasteiger partial charge in [-0.1, -0.05) is 0 Å². The maximum absolute atomic E-state index is 11.0. The van der Waals surface area contributed by atoms with Crippen molar-refractivity contribution in [1.29, 1.82) is 0 Å². The van der Waals surface area contributed by atoms with Crippen molar-refractivity contribution in [3.63, 3.8) is 0 Å². The molecule has 2 N–H and O–H groups in total. The van der Waals surface area contributed by atoms with Gasteiger partial charge in [-0.2, -0.15) is 0 Å². The van der Waals surface area contributed by atoms with Crippen LogP contribution in [0, 0.1) is 0 Å². The van der Waals surface area contributed by atoms with Crippen LogP contribution in [0.1, 0.15) is 28.1 Å². The number of oxazole rings is 1. The van der Waals surface area contributed by atoms with Crippen molar-refractivity contribution in [2.75, 3.05) is 6.54 Å². The minimum absolute atomic E-state index is 0.174. The van der Waals surface area contributed by atoms with E-state index in [1.54, 1.807) is 22.9 Å². The molecule has 3 heterocycles. The first kappa shape index (κ1) is 10.1. The van der Waals surface area contributed by atoms with Gasteiger partial charge in [0.2, 0.25) is 5.89 Å². The predicted molar refractivity (Wildman–Crippen MR) is 57.7 cm³/mol. The van der Waals surface area contributed by atoms with Crippen LogP contribution in [-0.4, -0.2) is 27.2 Å². The number of rotatable bonds is 2. The molecule has 0 amide bonds. The standard InChI is InChI=1S/C11H11N3O3/c15-11(16)8-2-1-7-9(10-13-4-6-17-10)12-3-5-14(7)8/h1-2,4,6,9,12H,3,5H2,(H,15,16). The summed E-state index contributed by atoms with van der Waals surface area (Å²) in [5, 5.41) is 12.3. The summed E-state index contributed by atoms with van der Waals surface area (Å²) >= 11 is 0. The monoisotopic (exact) mass is 233 g/mol. The molecule has 0 radical (unpaired) electrons. The Morgan fingerprint density at radius 1 is 1.59 bits per heavy atom. The second-order valence-electron chi connectivity index (χ2n) is 3.86. The Kier molecular flexibility index (Phi) is 2.22. The lowest BCUT2D eigenvalue weighted by Gasteiger charge is -2.24. The second-order valence-corrected chi connectivity index (χ2v) is 3.86. The molecule has 1 unspecified atom stereocenters. The quantitative estimate of drug-likeness (QED) is 0.804. The molecule has 6 heteroatoms. The number of carbonyl (C=O) groups is 1. The van der Waals surface area contributed by atoms with E-state index in [2.05, 4.69) is 10.3 Å². The summed E-state index contributed by atoms with van der Waals surface area (Å²) < 4.78 is 7.05. The van der Waals surface area contributed by atoms with Crippen molar-refractivity contribution < 1.29 is 14.3 Å². The van der Waals surface area contributed by atoms with Gasteiger partial charge in [-0.15, -0.1) is 0 Å². The predicted octanol–water partition coefficient (Wildman–Crippen LogP) is 0.867. The lowest BCUT2D eigenvalue weighted by molar-refractivity contribution is 0.0683. The second kappa shape index (κ2) is 3.74. The molecule has 0 bridgehead atoms. The Hall–Kier alpha value is -2.08. The third-order valence-corrected chi connectivity index (χ3v) is 2.91. The fourth-order valence-corrected chi connectivity index (χ4v) is 2.19. The van der Waals surface area contributed by atoms with Crippen molar-refractivity contribution in [2.45, 2.75) is 12.6 Å². The smallest absolute Gasteiger partial charge is 0.352 e. The molecule has 1 atom stereocenters. The Bertz CT molecular complexity index is 544. The molecule has 1 aliphatic rings. The summed E-state index contributed by atoms with van der Waals surface area (Å²) in [4.78, 5) is 15.1. The van der Waals surface area contributed by atoms with E-state index in [4.69, 9.17) is 9.52 Å². The van der Waals surface area contributed by atoms with Crippen molar-refractivity contribution in [1.82, 2.24) is 14.9 Å². The highest BCUT2D eigenvalue weighted by atomic mass is 16.4. The van der Waals surface area contributed by atoms with Crippen LogP contribution in [0.5, 0.6) is 0 Å². The maximum Gasteiger partial charge on any atom is 0.352 e. The average Bonchev–Trinajstić information content (AvgIpc) is 2.97. The van der Waals surface area contributed by atoms with Gasteiger partial charge in [0, 0.05) is 18.8 Å². The highest BCUT2D eigenvalue weighted by molar-refractivity contribution is 5.86. The molecule has 0 aromatic carbocycles. The minimum atomic E-state index is -0.913. The van der Waals surface area contributed by atoms with Crippen molar-refractivity contribution in [3.8, 4) is 0 Å². The lowest BCUT2D eigenvalue weighted by atomic mass is 10.1. The molecule has 0 aliphatic carbocycles. The first-order valence-corrected chi connectivity index (χ1v) is 5.33. The normalized spacial score (nSPS) is 18.9. The van der Waals surface area contributed by atoms with E-state index in [1.807, 2.05) is 0 Å². The zero-order valence-corrected chi connectivity index (χ0v) is 8.96. The molecule has 0 spiro atoms. The molecular weight excluding hydrogens is 222 g/mol. The van der Waals surface area contributed by atoms with Crippen molar-refractivity contribution in [2.24, 2.45) is 0 Å². The highest BCUT2D eigenvalue weighted by Gasteiger charge is 2.27. The number of nitrogens with one attached hydrogen (secondary N) is 1. The summed E-state index contributed by atoms with van der Waals surface area (Å²) in [5.74, 6) is -0.356. The third kappa shape index (κ3) is 1.53. The first-order chi connectivity index (χ1) is 8.27. The molecule has 2 aromatic heterocycles. The van der Waals surface area contributed by atoms with Gasteiger partial charge in [0.15, 0.2) is 0 Å². The number of fused-ring (bicyclic) bond motifs is 1. The minimum Gasteiger partial charge on any atom is -0.477 e. The van der Waals surface area contributed by atoms with Gasteiger partial charge in [0.25, 0.3) is 0 Å². The molecule has 6 nitrogen and oxygen atoms in total. The summed E-state index contributed by atoms with van der Waals surface area (Å²) in [6, 6.07) is 3.23. The lowest BCUT2D eigenvalue weighted by Crippen LogP contribution is -2.35. The first-order valence-electron chi connectivity index (χ1n) is 5.33. The molecule has 0 saturated heterocycles. The van der Waals surface area contributed by atoms with Crippen LogP contribution in [-0.2, 0) is 6.54 Å². The maximum atomic E-state index is 11.0. The third-order valence-electron chi connectivity index (χ3n) is 2.91. The molecule has 1 aliphatic heterocycles. The largest absolute Gasteiger partial charge is 0.477 e. The SMILES string of the molecule is O=C(O)c1ccc2n1CCNC2c1ncco1. The van der Waals surface area contributed by atoms with Gasteiger partial charge >= 0.3 is 5.97 Å². The number of hydrogen-bond acceptors (Lipinski definition) is 4. The van der Waals surface area contributed by atoms with Gasteiger partial charge < -0.3 is 14.1 Å². The van der Waals surface area contributed by atoms with Crippen LogP contribution >= 0.6 is 0 Å². The summed E-state index contributed by atoms with van der Waals surface area (Å²) in [7, 11) is 0. The highest BCUT2D eigenvalue weighted by Crippen LogP contribution is 2.25. The molecule has 3 rings (SSSR count). The Morgan fingerprint density at radius 3 is 3.18 bits per heavy atom. The van der Waals surface area contributed by atoms with E-state index in [1.165, 1.54) is 6.26 Å². The number of aromatic carboxylic acids is 1. The van der Waals surface area contributed by atoms with Crippen molar-refractivity contribution in [3.05, 3.63) is 41.9 Å². The van der Waals surface area contributed by atoms with E-state index in [-0.39, 0.29) is 6.04 Å². The molecule has 2 aromatic rings. The summed E-state index contributed by atoms with van der Waals surface area (Å²) in [6.45, 7) is 1.33. The number of carboxylic acids is 1. The number of hydrogen-bond donors (Lipinski definition) is 2. The Morgan fingerprint density at radius 2 is 2.47 bits per heavy atom. The van der Waals surface area contributed by atoms with E-state index >= 15 is 0 Å². The van der Waals surface area contributed by atoms with E-state index in [0.29, 0.717) is 24.7 Å². The Balaban J connectivity index is 2.06. The van der Waals surface area contributed by atoms with Crippen LogP contribution in [0.25, 0.3) is 0 Å². The number of carboxylic acid groups (broad SMARTS) is 1. The zero-order valence-electron chi connectivity index (χ0n) is 8.96. The van der Waals surface area contributed by atoms with Crippen LogP contribution in [0.3, 0.4) is 0 Å². The summed E-state index contributed by atoms with van der Waals surface area (Å²) in [5.41, 5.74) is 1.18. The van der Waals surface area contributed by atoms with Gasteiger partial charge in [0.1, 0.15) is 18.0 Å². The van der Waals surface area contributed by atoms with Crippen LogP contribution < -0.4 is 5.32 Å². The van der Waals surface area contributed by atoms with Crippen LogP contribution in [0.15, 0.2) is 29.0 Å².